The van der Waals surface area contributed by atoms with Gasteiger partial charge in [0.05, 0.1) is 13.1 Å². The Labute approximate surface area is 147 Å². The van der Waals surface area contributed by atoms with Crippen LogP contribution in [-0.4, -0.2) is 10.5 Å². The summed E-state index contributed by atoms with van der Waals surface area (Å²) in [6, 6.07) is 0. The first-order valence-corrected chi connectivity index (χ1v) is 9.96. The Hall–Kier alpha value is -1.32. The first-order valence-electron chi connectivity index (χ1n) is 9.96. The van der Waals surface area contributed by atoms with Crippen molar-refractivity contribution in [3.05, 3.63) is 18.2 Å². The fourth-order valence-corrected chi connectivity index (χ4v) is 3.26. The molecule has 0 saturated carbocycles. The maximum absolute atomic E-state index is 10.7. The average Bonchev–Trinajstić information content (AvgIpc) is 2.96. The topological polar surface area (TPSA) is 48.9 Å². The van der Waals surface area contributed by atoms with Crippen molar-refractivity contribution in [3.8, 4) is 0 Å². The number of unbranched alkanes of at least 4 members (excludes halogenated alkanes) is 9. The van der Waals surface area contributed by atoms with Gasteiger partial charge in [-0.1, -0.05) is 64.7 Å². The Morgan fingerprint density at radius 1 is 1.00 bits per heavy atom. The molecule has 1 rings (SSSR count). The van der Waals surface area contributed by atoms with Crippen molar-refractivity contribution in [2.24, 2.45) is 0 Å². The molecule has 24 heavy (non-hydrogen) atoms. The lowest BCUT2D eigenvalue weighted by molar-refractivity contribution is -0.703. The van der Waals surface area contributed by atoms with E-state index in [1.165, 1.54) is 70.0 Å². The molecule has 0 unspecified atom stereocenters. The van der Waals surface area contributed by atoms with Gasteiger partial charge >= 0.3 is 0 Å². The highest BCUT2D eigenvalue weighted by molar-refractivity contribution is 5.63. The van der Waals surface area contributed by atoms with E-state index in [1.807, 2.05) is 6.20 Å². The highest BCUT2D eigenvalue weighted by Crippen LogP contribution is 2.12. The number of carboxylic acids is 1. The van der Waals surface area contributed by atoms with E-state index in [4.69, 9.17) is 0 Å². The van der Waals surface area contributed by atoms with E-state index in [0.29, 0.717) is 6.54 Å². The van der Waals surface area contributed by atoms with Crippen LogP contribution in [0.3, 0.4) is 0 Å². The lowest BCUT2D eigenvalue weighted by atomic mass is 10.1. The van der Waals surface area contributed by atoms with Gasteiger partial charge in [0.15, 0.2) is 0 Å². The molecule has 1 aromatic heterocycles. The van der Waals surface area contributed by atoms with Gasteiger partial charge in [0.2, 0.25) is 0 Å². The monoisotopic (exact) mass is 336 g/mol. The molecule has 0 spiro atoms. The number of carbonyl (C=O) groups excluding carboxylic acids is 1. The van der Waals surface area contributed by atoms with Gasteiger partial charge in [0.25, 0.3) is 5.82 Å². The second kappa shape index (κ2) is 13.0. The largest absolute Gasteiger partial charge is 0.550 e. The summed E-state index contributed by atoms with van der Waals surface area (Å²) in [5.41, 5.74) is 0. The third kappa shape index (κ3) is 8.51. The molecule has 0 bridgehead atoms. The fraction of sp³-hybridized carbons (Fsp3) is 0.800. The van der Waals surface area contributed by atoms with E-state index in [0.717, 1.165) is 13.0 Å². The number of aryl methyl sites for hydroxylation is 2. The Kier molecular flexibility index (Phi) is 11.2. The quantitative estimate of drug-likeness (QED) is 0.364. The highest BCUT2D eigenvalue weighted by atomic mass is 16.4. The van der Waals surface area contributed by atoms with Crippen LogP contribution in [0.2, 0.25) is 0 Å². The molecule has 1 heterocycles. The molecular formula is C20H36N2O2. The molecule has 0 N–H and O–H groups in total. The molecule has 0 radical (unpaired) electrons. The highest BCUT2D eigenvalue weighted by Gasteiger charge is 2.15. The molecule has 0 fully saturated rings. The maximum atomic E-state index is 10.7. The lowest BCUT2D eigenvalue weighted by Gasteiger charge is -2.05. The summed E-state index contributed by atoms with van der Waals surface area (Å²) in [6.45, 7) is 5.84. The van der Waals surface area contributed by atoms with Crippen LogP contribution in [0.15, 0.2) is 12.4 Å². The number of carboxylic acid groups (broad SMARTS) is 1. The predicted molar refractivity (Wildman–Crippen MR) is 95.5 cm³/mol. The van der Waals surface area contributed by atoms with E-state index in [1.54, 1.807) is 0 Å². The first-order chi connectivity index (χ1) is 11.7. The summed E-state index contributed by atoms with van der Waals surface area (Å²) < 4.78 is 4.30. The zero-order valence-electron chi connectivity index (χ0n) is 15.8. The van der Waals surface area contributed by atoms with E-state index in [9.17, 15) is 9.90 Å². The van der Waals surface area contributed by atoms with Crippen molar-refractivity contribution in [2.45, 2.75) is 104 Å². The van der Waals surface area contributed by atoms with Gasteiger partial charge in [-0.25, -0.2) is 9.13 Å². The van der Waals surface area contributed by atoms with Gasteiger partial charge in [-0.2, -0.15) is 0 Å². The number of carbonyl (C=O) groups is 1. The smallest absolute Gasteiger partial charge is 0.256 e. The minimum Gasteiger partial charge on any atom is -0.550 e. The van der Waals surface area contributed by atoms with Crippen LogP contribution in [0.25, 0.3) is 0 Å². The number of nitrogens with zero attached hydrogens (tertiary/aromatic N) is 2. The molecule has 1 aromatic rings. The van der Waals surface area contributed by atoms with Crippen LogP contribution >= 0.6 is 0 Å². The molecule has 0 aliphatic rings. The minimum atomic E-state index is -0.975. The van der Waals surface area contributed by atoms with Crippen molar-refractivity contribution >= 4 is 5.97 Å². The van der Waals surface area contributed by atoms with Crippen molar-refractivity contribution < 1.29 is 14.5 Å². The average molecular weight is 337 g/mol. The van der Waals surface area contributed by atoms with Gasteiger partial charge in [-0.15, -0.1) is 0 Å². The number of aliphatic carboxylic acids is 1. The first kappa shape index (κ1) is 20.7. The summed E-state index contributed by atoms with van der Waals surface area (Å²) in [5, 5.41) is 10.7. The summed E-state index contributed by atoms with van der Waals surface area (Å²) in [7, 11) is 0. The molecule has 4 nitrogen and oxygen atoms in total. The number of aromatic nitrogens is 2. The zero-order valence-corrected chi connectivity index (χ0v) is 15.8. The number of hydrogen-bond donors (Lipinski definition) is 0. The molecule has 0 saturated heterocycles. The zero-order chi connectivity index (χ0) is 17.6. The fourth-order valence-electron chi connectivity index (χ4n) is 3.26. The Bertz CT molecular complexity index is 454. The molecule has 0 atom stereocenters. The van der Waals surface area contributed by atoms with E-state index >= 15 is 0 Å². The third-order valence-corrected chi connectivity index (χ3v) is 4.74. The van der Waals surface area contributed by atoms with E-state index < -0.39 is 5.97 Å². The lowest BCUT2D eigenvalue weighted by Crippen LogP contribution is -2.40. The molecule has 0 aliphatic heterocycles. The minimum absolute atomic E-state index is 0.0867. The number of hydrogen-bond acceptors (Lipinski definition) is 2. The summed E-state index contributed by atoms with van der Waals surface area (Å²) in [5.74, 6) is 0.273. The number of imidazole rings is 1. The van der Waals surface area contributed by atoms with Crippen LogP contribution in [0.4, 0.5) is 0 Å². The Morgan fingerprint density at radius 3 is 2.12 bits per heavy atom. The van der Waals surface area contributed by atoms with Gasteiger partial charge in [-0.05, 0) is 13.3 Å². The summed E-state index contributed by atoms with van der Waals surface area (Å²) in [6.07, 6.45) is 18.6. The Morgan fingerprint density at radius 2 is 1.58 bits per heavy atom. The molecule has 4 heteroatoms. The van der Waals surface area contributed by atoms with Crippen LogP contribution in [-0.2, 0) is 24.3 Å². The van der Waals surface area contributed by atoms with E-state index in [2.05, 4.69) is 29.2 Å². The second-order valence-electron chi connectivity index (χ2n) is 6.75. The molecular weight excluding hydrogens is 300 g/mol. The SMILES string of the molecule is CCCCCCCCCCCCc1n(CC)cc[n+]1CCC(=O)[O-]. The van der Waals surface area contributed by atoms with Crippen LogP contribution in [0.1, 0.15) is 90.3 Å². The molecule has 0 aromatic carbocycles. The van der Waals surface area contributed by atoms with Gasteiger partial charge in [0.1, 0.15) is 12.4 Å². The second-order valence-corrected chi connectivity index (χ2v) is 6.75. The van der Waals surface area contributed by atoms with Crippen LogP contribution < -0.4 is 9.67 Å². The predicted octanol–water partition coefficient (Wildman–Crippen LogP) is 3.40. The Balaban J connectivity index is 2.19. The molecule has 0 aliphatic carbocycles. The normalized spacial score (nSPS) is 11.1. The van der Waals surface area contributed by atoms with Gasteiger partial charge in [-0.3, -0.25) is 0 Å². The summed E-state index contributed by atoms with van der Waals surface area (Å²) in [4.78, 5) is 10.7. The van der Waals surface area contributed by atoms with Crippen molar-refractivity contribution in [3.63, 3.8) is 0 Å². The van der Waals surface area contributed by atoms with Crippen LogP contribution in [0.5, 0.6) is 0 Å². The maximum Gasteiger partial charge on any atom is 0.256 e. The van der Waals surface area contributed by atoms with Crippen molar-refractivity contribution in [1.82, 2.24) is 4.57 Å². The standard InChI is InChI=1S/C20H36N2O2/c1-3-5-6-7-8-9-10-11-12-13-14-19-21(4-2)17-18-22(19)16-15-20(23)24/h17-18H,3-16H2,1-2H3. The summed E-state index contributed by atoms with van der Waals surface area (Å²) >= 11 is 0. The van der Waals surface area contributed by atoms with Gasteiger partial charge in [0, 0.05) is 18.8 Å². The number of rotatable bonds is 15. The van der Waals surface area contributed by atoms with Gasteiger partial charge < -0.3 is 9.90 Å². The molecule has 138 valence electrons. The van der Waals surface area contributed by atoms with Crippen LogP contribution in [0, 0.1) is 0 Å². The third-order valence-electron chi connectivity index (χ3n) is 4.74. The molecule has 0 amide bonds. The van der Waals surface area contributed by atoms with Crippen molar-refractivity contribution in [2.75, 3.05) is 0 Å². The van der Waals surface area contributed by atoms with Crippen molar-refractivity contribution in [1.29, 1.82) is 0 Å². The van der Waals surface area contributed by atoms with E-state index in [-0.39, 0.29) is 6.42 Å².